The molecule has 0 radical (unpaired) electrons. The molecule has 7 heterocycles. The van der Waals surface area contributed by atoms with Crippen LogP contribution in [0.1, 0.15) is 56.7 Å². The molecule has 3 fully saturated rings. The third-order valence-corrected chi connectivity index (χ3v) is 11.5. The third-order valence-electron chi connectivity index (χ3n) is 10.5. The number of pyridine rings is 1. The summed E-state index contributed by atoms with van der Waals surface area (Å²) in [6.07, 6.45) is 4.47. The Morgan fingerprint density at radius 1 is 1.17 bits per heavy atom. The molecule has 3 N–H and O–H groups in total. The minimum absolute atomic E-state index is 0.0166. The first-order valence-corrected chi connectivity index (χ1v) is 16.9. The van der Waals surface area contributed by atoms with Crippen molar-refractivity contribution in [2.75, 3.05) is 43.4 Å². The van der Waals surface area contributed by atoms with Gasteiger partial charge in [0.15, 0.2) is 5.82 Å². The van der Waals surface area contributed by atoms with E-state index in [1.165, 1.54) is 12.1 Å². The number of nitrogens with one attached hydrogen (secondary N) is 1. The van der Waals surface area contributed by atoms with Crippen LogP contribution in [0, 0.1) is 23.0 Å². The third kappa shape index (κ3) is 4.59. The van der Waals surface area contributed by atoms with E-state index in [4.69, 9.17) is 20.4 Å². The lowest BCUT2D eigenvalue weighted by Gasteiger charge is -2.35. The van der Waals surface area contributed by atoms with Crippen LogP contribution in [-0.2, 0) is 6.42 Å². The number of thiophene rings is 1. The molecule has 4 aromatic rings. The molecule has 9 nitrogen and oxygen atoms in total. The highest BCUT2D eigenvalue weighted by Crippen LogP contribution is 2.44. The Bertz CT molecular complexity index is 1910. The molecular weight excluding hydrogens is 613 g/mol. The molecule has 8 rings (SSSR count). The standard InChI is InChI=1S/C33H35F3N8OS/c1-17-23(8-10-39-17)44-12-3-2-5-22-25-28(41-32(42-31(25)44)45-16-33-9-4-11-43(33)15-18(34)13-33)26(36)27(40-22)19-6-7-21(35)29-24(19)20(14-37)30(38)46-29/h6-7,17-18,23,39H,2-5,8-13,15-16,38H2,1H3/t17-,18-,23-,33+/m1/s1. The maximum Gasteiger partial charge on any atom is 0.319 e. The maximum atomic E-state index is 17.0. The molecule has 0 unspecified atom stereocenters. The van der Waals surface area contributed by atoms with E-state index >= 15 is 4.39 Å². The highest BCUT2D eigenvalue weighted by atomic mass is 32.1. The summed E-state index contributed by atoms with van der Waals surface area (Å²) in [6, 6.07) is 5.15. The molecule has 13 heteroatoms. The van der Waals surface area contributed by atoms with Gasteiger partial charge in [-0.1, -0.05) is 0 Å². The van der Waals surface area contributed by atoms with Gasteiger partial charge in [0.05, 0.1) is 26.9 Å². The van der Waals surface area contributed by atoms with Crippen LogP contribution in [0.25, 0.3) is 32.2 Å². The van der Waals surface area contributed by atoms with Gasteiger partial charge in [0.25, 0.3) is 0 Å². The Labute approximate surface area is 268 Å². The second-order valence-electron chi connectivity index (χ2n) is 13.1. The normalized spacial score (nSPS) is 26.4. The lowest BCUT2D eigenvalue weighted by molar-refractivity contribution is 0.107. The number of alkyl halides is 1. The van der Waals surface area contributed by atoms with Crippen LogP contribution in [0.3, 0.4) is 0 Å². The van der Waals surface area contributed by atoms with Gasteiger partial charge < -0.3 is 20.7 Å². The van der Waals surface area contributed by atoms with Crippen molar-refractivity contribution >= 4 is 43.1 Å². The summed E-state index contributed by atoms with van der Waals surface area (Å²) in [5.74, 6) is -0.645. The van der Waals surface area contributed by atoms with E-state index in [0.29, 0.717) is 36.3 Å². The molecule has 4 aliphatic rings. The van der Waals surface area contributed by atoms with Crippen molar-refractivity contribution in [2.45, 2.75) is 75.7 Å². The molecule has 4 aliphatic heterocycles. The van der Waals surface area contributed by atoms with Crippen molar-refractivity contribution in [3.05, 3.63) is 35.0 Å². The summed E-state index contributed by atoms with van der Waals surface area (Å²) in [4.78, 5) is 18.9. The molecule has 0 aliphatic carbocycles. The topological polar surface area (TPSA) is 116 Å². The molecule has 0 saturated carbocycles. The quantitative estimate of drug-likeness (QED) is 0.290. The zero-order valence-electron chi connectivity index (χ0n) is 25.6. The van der Waals surface area contributed by atoms with E-state index in [1.807, 2.05) is 0 Å². The van der Waals surface area contributed by atoms with Crippen LogP contribution in [0.15, 0.2) is 12.1 Å². The molecule has 0 amide bonds. The van der Waals surface area contributed by atoms with Gasteiger partial charge in [0.2, 0.25) is 0 Å². The van der Waals surface area contributed by atoms with Gasteiger partial charge in [0, 0.05) is 42.5 Å². The maximum absolute atomic E-state index is 17.0. The number of nitriles is 1. The molecular formula is C33H35F3N8OS. The number of nitrogen functional groups attached to an aromatic ring is 1. The lowest BCUT2D eigenvalue weighted by atomic mass is 9.95. The van der Waals surface area contributed by atoms with E-state index < -0.39 is 23.3 Å². The van der Waals surface area contributed by atoms with Crippen molar-refractivity contribution in [3.8, 4) is 23.3 Å². The number of nitrogens with two attached hydrogens (primary N) is 1. The molecule has 240 valence electrons. The van der Waals surface area contributed by atoms with Gasteiger partial charge in [0.1, 0.15) is 46.7 Å². The smallest absolute Gasteiger partial charge is 0.319 e. The van der Waals surface area contributed by atoms with Crippen molar-refractivity contribution in [1.82, 2.24) is 25.2 Å². The molecule has 1 aromatic carbocycles. The Kier molecular flexibility index (Phi) is 7.23. The Morgan fingerprint density at radius 3 is 2.85 bits per heavy atom. The average Bonchev–Trinajstić information content (AvgIpc) is 3.78. The molecule has 0 bridgehead atoms. The lowest BCUT2D eigenvalue weighted by Crippen LogP contribution is -2.44. The Hall–Kier alpha value is -3.73. The zero-order valence-corrected chi connectivity index (χ0v) is 26.4. The van der Waals surface area contributed by atoms with E-state index in [-0.39, 0.29) is 62.1 Å². The number of halogens is 3. The van der Waals surface area contributed by atoms with E-state index in [9.17, 15) is 14.0 Å². The second kappa shape index (κ2) is 11.2. The molecule has 46 heavy (non-hydrogen) atoms. The zero-order chi connectivity index (χ0) is 31.7. The fourth-order valence-corrected chi connectivity index (χ4v) is 9.21. The number of benzene rings is 1. The minimum Gasteiger partial charge on any atom is -0.461 e. The van der Waals surface area contributed by atoms with Crippen LogP contribution in [0.4, 0.5) is 24.0 Å². The van der Waals surface area contributed by atoms with Crippen LogP contribution in [0.5, 0.6) is 6.01 Å². The molecule has 0 spiro atoms. The van der Waals surface area contributed by atoms with Gasteiger partial charge in [-0.05, 0) is 70.7 Å². The average molecular weight is 649 g/mol. The van der Waals surface area contributed by atoms with Gasteiger partial charge in [-0.15, -0.1) is 11.3 Å². The monoisotopic (exact) mass is 648 g/mol. The summed E-state index contributed by atoms with van der Waals surface area (Å²) >= 11 is 0.962. The SMILES string of the molecule is C[C@H]1NCC[C@H]1N1CCCCc2nc(-c3ccc(F)c4sc(N)c(C#N)c34)c(F)c3nc(OC[C@@]45CCCN4C[C@H](F)C5)nc1c23. The molecule has 3 saturated heterocycles. The largest absolute Gasteiger partial charge is 0.461 e. The first-order chi connectivity index (χ1) is 22.3. The summed E-state index contributed by atoms with van der Waals surface area (Å²) in [6.45, 7) is 5.19. The first kappa shape index (κ1) is 29.7. The summed E-state index contributed by atoms with van der Waals surface area (Å²) in [5, 5.41) is 14.4. The number of aryl methyl sites for hydroxylation is 1. The van der Waals surface area contributed by atoms with Crippen LogP contribution < -0.4 is 20.7 Å². The highest BCUT2D eigenvalue weighted by molar-refractivity contribution is 7.23. The minimum atomic E-state index is -0.910. The van der Waals surface area contributed by atoms with E-state index in [2.05, 4.69) is 33.1 Å². The predicted octanol–water partition coefficient (Wildman–Crippen LogP) is 5.49. The first-order valence-electron chi connectivity index (χ1n) is 16.1. The van der Waals surface area contributed by atoms with Gasteiger partial charge >= 0.3 is 6.01 Å². The van der Waals surface area contributed by atoms with Crippen LogP contribution in [-0.4, -0.2) is 76.4 Å². The summed E-state index contributed by atoms with van der Waals surface area (Å²) in [7, 11) is 0. The van der Waals surface area contributed by atoms with Gasteiger partial charge in [-0.3, -0.25) is 4.90 Å². The Balaban J connectivity index is 1.33. The number of rotatable bonds is 5. The molecule has 4 atom stereocenters. The van der Waals surface area contributed by atoms with Crippen LogP contribution in [0.2, 0.25) is 0 Å². The van der Waals surface area contributed by atoms with Crippen molar-refractivity contribution in [3.63, 3.8) is 0 Å². The van der Waals surface area contributed by atoms with E-state index in [1.54, 1.807) is 0 Å². The van der Waals surface area contributed by atoms with E-state index in [0.717, 1.165) is 63.1 Å². The van der Waals surface area contributed by atoms with Crippen molar-refractivity contribution in [2.24, 2.45) is 0 Å². The fraction of sp³-hybridized carbons (Fsp3) is 0.515. The second-order valence-corrected chi connectivity index (χ2v) is 14.2. The summed E-state index contributed by atoms with van der Waals surface area (Å²) < 4.78 is 53.0. The summed E-state index contributed by atoms with van der Waals surface area (Å²) in [5.41, 5.74) is 6.77. The highest BCUT2D eigenvalue weighted by Gasteiger charge is 2.49. The number of ether oxygens (including phenoxy) is 1. The number of hydrogen-bond acceptors (Lipinski definition) is 10. The number of anilines is 2. The number of nitrogens with zero attached hydrogens (tertiary/aromatic N) is 6. The van der Waals surface area contributed by atoms with Crippen molar-refractivity contribution < 1.29 is 17.9 Å². The predicted molar refractivity (Wildman–Crippen MR) is 172 cm³/mol. The van der Waals surface area contributed by atoms with Crippen LogP contribution >= 0.6 is 11.3 Å². The number of aromatic nitrogens is 3. The number of fused-ring (bicyclic) bond motifs is 2. The Morgan fingerprint density at radius 2 is 2.04 bits per heavy atom. The van der Waals surface area contributed by atoms with Crippen molar-refractivity contribution in [1.29, 1.82) is 5.26 Å². The fourth-order valence-electron chi connectivity index (χ4n) is 8.26. The number of hydrogen-bond donors (Lipinski definition) is 2. The van der Waals surface area contributed by atoms with Gasteiger partial charge in [-0.25, -0.2) is 18.2 Å². The molecule has 3 aromatic heterocycles. The van der Waals surface area contributed by atoms with Gasteiger partial charge in [-0.2, -0.15) is 15.2 Å².